The molecule has 0 saturated carbocycles. The fourth-order valence-corrected chi connectivity index (χ4v) is 2.51. The summed E-state index contributed by atoms with van der Waals surface area (Å²) in [6.07, 6.45) is 0. The largest absolute Gasteiger partial charge is 0.389 e. The van der Waals surface area contributed by atoms with Crippen LogP contribution in [0.1, 0.15) is 13.8 Å². The van der Waals surface area contributed by atoms with Crippen molar-refractivity contribution in [3.63, 3.8) is 0 Å². The van der Waals surface area contributed by atoms with Crippen LogP contribution in [0.5, 0.6) is 0 Å². The third-order valence-electron chi connectivity index (χ3n) is 2.59. The summed E-state index contributed by atoms with van der Waals surface area (Å²) in [6.45, 7) is 6.16. The van der Waals surface area contributed by atoms with Gasteiger partial charge in [-0.3, -0.25) is 0 Å². The van der Waals surface area contributed by atoms with E-state index in [0.717, 1.165) is 28.9 Å². The molecule has 0 radical (unpaired) electrons. The highest BCUT2D eigenvalue weighted by Crippen LogP contribution is 2.35. The van der Waals surface area contributed by atoms with E-state index in [1.54, 1.807) is 0 Å². The van der Waals surface area contributed by atoms with Gasteiger partial charge in [-0.15, -0.1) is 0 Å². The number of nitrogens with zero attached hydrogens (tertiary/aromatic N) is 1. The average molecular weight is 285 g/mol. The first-order valence-corrected chi connectivity index (χ1v) is 6.26. The molecule has 88 valence electrons. The number of β-amino-alcohol motifs (C(OH)–C–C–N with tert-alkyl or cyclic N) is 1. The first-order chi connectivity index (χ1) is 7.47. The summed E-state index contributed by atoms with van der Waals surface area (Å²) in [6, 6.07) is 6.13. The first-order valence-electron chi connectivity index (χ1n) is 5.47. The van der Waals surface area contributed by atoms with Gasteiger partial charge >= 0.3 is 0 Å². The molecular weight excluding hydrogens is 268 g/mol. The molecule has 1 aromatic carbocycles. The number of para-hydroxylation sites is 1. The second-order valence-electron chi connectivity index (χ2n) is 4.79. The Morgan fingerprint density at radius 1 is 1.50 bits per heavy atom. The fourth-order valence-electron chi connectivity index (χ4n) is 2.02. The number of anilines is 2. The topological polar surface area (TPSA) is 35.5 Å². The van der Waals surface area contributed by atoms with Gasteiger partial charge in [0.05, 0.1) is 17.0 Å². The smallest absolute Gasteiger partial charge is 0.0765 e. The molecule has 0 fully saturated rings. The zero-order chi connectivity index (χ0) is 11.8. The van der Waals surface area contributed by atoms with Gasteiger partial charge in [0.2, 0.25) is 0 Å². The normalized spacial score (nSPS) is 15.6. The molecular formula is C12H17BrN2O. The van der Waals surface area contributed by atoms with E-state index in [1.807, 2.05) is 26.0 Å². The summed E-state index contributed by atoms with van der Waals surface area (Å²) in [7, 11) is 0. The van der Waals surface area contributed by atoms with E-state index >= 15 is 0 Å². The fraction of sp³-hybridized carbons (Fsp3) is 0.500. The Labute approximate surface area is 105 Å². The van der Waals surface area contributed by atoms with E-state index in [9.17, 15) is 5.11 Å². The van der Waals surface area contributed by atoms with Crippen LogP contribution in [0.3, 0.4) is 0 Å². The van der Waals surface area contributed by atoms with Crippen molar-refractivity contribution in [2.75, 3.05) is 29.9 Å². The van der Waals surface area contributed by atoms with Crippen molar-refractivity contribution in [3.05, 3.63) is 22.7 Å². The number of aliphatic hydroxyl groups is 1. The molecule has 0 spiro atoms. The molecule has 4 heteroatoms. The van der Waals surface area contributed by atoms with Gasteiger partial charge in [-0.2, -0.15) is 0 Å². The maximum absolute atomic E-state index is 9.89. The van der Waals surface area contributed by atoms with E-state index in [4.69, 9.17) is 0 Å². The van der Waals surface area contributed by atoms with Crippen LogP contribution in [-0.2, 0) is 0 Å². The minimum absolute atomic E-state index is 0.651. The average Bonchev–Trinajstić information content (AvgIpc) is 2.17. The van der Waals surface area contributed by atoms with Gasteiger partial charge in [0, 0.05) is 24.1 Å². The molecule has 0 unspecified atom stereocenters. The highest BCUT2D eigenvalue weighted by molar-refractivity contribution is 9.10. The summed E-state index contributed by atoms with van der Waals surface area (Å²) in [5, 5.41) is 13.3. The van der Waals surface area contributed by atoms with Crippen LogP contribution in [0.15, 0.2) is 22.7 Å². The Morgan fingerprint density at radius 3 is 2.94 bits per heavy atom. The molecule has 16 heavy (non-hydrogen) atoms. The summed E-state index contributed by atoms with van der Waals surface area (Å²) in [5.74, 6) is 0. The first kappa shape index (κ1) is 11.7. The standard InChI is InChI=1S/C12H17BrN2O/c1-12(2,16)8-15-7-6-14-11-9(13)4-3-5-10(11)15/h3-5,14,16H,6-8H2,1-2H3. The molecule has 3 nitrogen and oxygen atoms in total. The molecule has 0 amide bonds. The van der Waals surface area contributed by atoms with Crippen molar-refractivity contribution < 1.29 is 5.11 Å². The Bertz CT molecular complexity index is 387. The van der Waals surface area contributed by atoms with E-state index in [0.29, 0.717) is 6.54 Å². The van der Waals surface area contributed by atoms with Gasteiger partial charge in [0.15, 0.2) is 0 Å². The van der Waals surface area contributed by atoms with Gasteiger partial charge in [0.25, 0.3) is 0 Å². The third-order valence-corrected chi connectivity index (χ3v) is 3.25. The highest BCUT2D eigenvalue weighted by Gasteiger charge is 2.23. The number of rotatable bonds is 2. The van der Waals surface area contributed by atoms with Crippen LogP contribution >= 0.6 is 15.9 Å². The Kier molecular flexibility index (Phi) is 3.13. The summed E-state index contributed by atoms with van der Waals surface area (Å²) in [4.78, 5) is 2.22. The van der Waals surface area contributed by atoms with E-state index in [-0.39, 0.29) is 0 Å². The predicted octanol–water partition coefficient (Wildman–Crippen LogP) is 2.45. The van der Waals surface area contributed by atoms with Gasteiger partial charge in [-0.25, -0.2) is 0 Å². The van der Waals surface area contributed by atoms with Gasteiger partial charge in [-0.05, 0) is 41.9 Å². The second-order valence-corrected chi connectivity index (χ2v) is 5.65. The minimum Gasteiger partial charge on any atom is -0.389 e. The molecule has 0 saturated heterocycles. The van der Waals surface area contributed by atoms with Gasteiger partial charge < -0.3 is 15.3 Å². The van der Waals surface area contributed by atoms with Gasteiger partial charge in [0.1, 0.15) is 0 Å². The number of fused-ring (bicyclic) bond motifs is 1. The lowest BCUT2D eigenvalue weighted by molar-refractivity contribution is 0.0874. The molecule has 1 heterocycles. The summed E-state index contributed by atoms with van der Waals surface area (Å²) < 4.78 is 1.07. The number of benzene rings is 1. The number of hydrogen-bond donors (Lipinski definition) is 2. The van der Waals surface area contributed by atoms with Crippen LogP contribution in [0.4, 0.5) is 11.4 Å². The maximum atomic E-state index is 9.89. The molecule has 2 rings (SSSR count). The lowest BCUT2D eigenvalue weighted by atomic mass is 10.1. The zero-order valence-electron chi connectivity index (χ0n) is 9.63. The van der Waals surface area contributed by atoms with E-state index in [1.165, 1.54) is 0 Å². The zero-order valence-corrected chi connectivity index (χ0v) is 11.2. The lowest BCUT2D eigenvalue weighted by Gasteiger charge is -2.36. The molecule has 0 atom stereocenters. The van der Waals surface area contributed by atoms with Crippen LogP contribution in [0, 0.1) is 0 Å². The Hall–Kier alpha value is -0.740. The van der Waals surface area contributed by atoms with Crippen molar-refractivity contribution in [1.82, 2.24) is 0 Å². The van der Waals surface area contributed by atoms with Crippen molar-refractivity contribution >= 4 is 27.3 Å². The second kappa shape index (κ2) is 4.26. The number of halogens is 1. The van der Waals surface area contributed by atoms with Crippen LogP contribution in [-0.4, -0.2) is 30.3 Å². The Balaban J connectivity index is 2.30. The van der Waals surface area contributed by atoms with E-state index in [2.05, 4.69) is 32.2 Å². The predicted molar refractivity (Wildman–Crippen MR) is 71.1 cm³/mol. The Morgan fingerprint density at radius 2 is 2.25 bits per heavy atom. The summed E-state index contributed by atoms with van der Waals surface area (Å²) >= 11 is 3.54. The molecule has 0 bridgehead atoms. The van der Waals surface area contributed by atoms with Crippen LogP contribution in [0.25, 0.3) is 0 Å². The molecule has 1 aliphatic heterocycles. The highest BCUT2D eigenvalue weighted by atomic mass is 79.9. The monoisotopic (exact) mass is 284 g/mol. The van der Waals surface area contributed by atoms with Crippen molar-refractivity contribution in [2.24, 2.45) is 0 Å². The number of hydrogen-bond acceptors (Lipinski definition) is 3. The molecule has 0 aromatic heterocycles. The minimum atomic E-state index is -0.670. The van der Waals surface area contributed by atoms with Crippen molar-refractivity contribution in [1.29, 1.82) is 0 Å². The molecule has 2 N–H and O–H groups in total. The van der Waals surface area contributed by atoms with Crippen LogP contribution in [0.2, 0.25) is 0 Å². The van der Waals surface area contributed by atoms with E-state index < -0.39 is 5.60 Å². The third kappa shape index (κ3) is 2.50. The van der Waals surface area contributed by atoms with Crippen molar-refractivity contribution in [3.8, 4) is 0 Å². The molecule has 0 aliphatic carbocycles. The number of nitrogens with one attached hydrogen (secondary N) is 1. The maximum Gasteiger partial charge on any atom is 0.0765 e. The van der Waals surface area contributed by atoms with Crippen LogP contribution < -0.4 is 10.2 Å². The summed E-state index contributed by atoms with van der Waals surface area (Å²) in [5.41, 5.74) is 1.61. The molecule has 1 aliphatic rings. The van der Waals surface area contributed by atoms with Gasteiger partial charge in [-0.1, -0.05) is 6.07 Å². The quantitative estimate of drug-likeness (QED) is 0.876. The molecule has 1 aromatic rings. The van der Waals surface area contributed by atoms with Crippen molar-refractivity contribution in [2.45, 2.75) is 19.4 Å². The lowest BCUT2D eigenvalue weighted by Crippen LogP contribution is -2.43. The SMILES string of the molecule is CC(C)(O)CN1CCNc2c(Br)cccc21.